The average Bonchev–Trinajstić information content (AvgIpc) is 2.95. The van der Waals surface area contributed by atoms with Crippen molar-refractivity contribution in [1.82, 2.24) is 0 Å². The molecule has 1 aliphatic heterocycles. The van der Waals surface area contributed by atoms with Crippen LogP contribution in [0.5, 0.6) is 11.5 Å². The van der Waals surface area contributed by atoms with Gasteiger partial charge in [-0.3, -0.25) is 0 Å². The smallest absolute Gasteiger partial charge is 0.231 e. The van der Waals surface area contributed by atoms with E-state index in [4.69, 9.17) is 14.2 Å². The first-order chi connectivity index (χ1) is 10.2. The fraction of sp³-hybridized carbons (Fsp3) is 0.556. The summed E-state index contributed by atoms with van der Waals surface area (Å²) in [5.74, 6) is 1.65. The Morgan fingerprint density at radius 3 is 2.71 bits per heavy atom. The zero-order chi connectivity index (χ0) is 14.7. The highest BCUT2D eigenvalue weighted by Crippen LogP contribution is 2.42. The highest BCUT2D eigenvalue weighted by molar-refractivity contribution is 5.44. The van der Waals surface area contributed by atoms with Gasteiger partial charge >= 0.3 is 0 Å². The Labute approximate surface area is 126 Å². The second-order valence-corrected chi connectivity index (χ2v) is 6.30. The third kappa shape index (κ3) is 3.08. The Kier molecular flexibility index (Phi) is 4.20. The summed E-state index contributed by atoms with van der Waals surface area (Å²) in [5, 5.41) is 0. The molecule has 1 aliphatic carbocycles. The van der Waals surface area contributed by atoms with E-state index in [2.05, 4.69) is 13.5 Å². The maximum atomic E-state index is 6.03. The molecule has 0 aromatic heterocycles. The van der Waals surface area contributed by atoms with Gasteiger partial charge in [0.15, 0.2) is 11.5 Å². The quantitative estimate of drug-likeness (QED) is 0.749. The molecule has 1 fully saturated rings. The van der Waals surface area contributed by atoms with Gasteiger partial charge in [-0.15, -0.1) is 0 Å². The highest BCUT2D eigenvalue weighted by atomic mass is 16.7. The number of rotatable bonds is 5. The summed E-state index contributed by atoms with van der Waals surface area (Å²) in [5.41, 5.74) is 2.59. The number of fused-ring (bicyclic) bond motifs is 1. The second-order valence-electron chi connectivity index (χ2n) is 6.30. The molecule has 0 amide bonds. The van der Waals surface area contributed by atoms with Crippen molar-refractivity contribution < 1.29 is 14.2 Å². The van der Waals surface area contributed by atoms with E-state index in [-0.39, 0.29) is 5.41 Å². The average molecular weight is 288 g/mol. The molecule has 0 bridgehead atoms. The number of hydrogen-bond acceptors (Lipinski definition) is 3. The van der Waals surface area contributed by atoms with E-state index in [1.54, 1.807) is 0 Å². The molecular formula is C18H24O3. The summed E-state index contributed by atoms with van der Waals surface area (Å²) in [6.07, 6.45) is 6.35. The molecular weight excluding hydrogens is 264 g/mol. The molecule has 1 aromatic rings. The van der Waals surface area contributed by atoms with Gasteiger partial charge in [0, 0.05) is 5.41 Å². The molecule has 1 heterocycles. The lowest BCUT2D eigenvalue weighted by Crippen LogP contribution is -2.30. The van der Waals surface area contributed by atoms with Crippen LogP contribution in [0, 0.1) is 5.41 Å². The minimum atomic E-state index is 0.189. The third-order valence-corrected chi connectivity index (χ3v) is 4.80. The lowest BCUT2D eigenvalue weighted by Gasteiger charge is -2.37. The van der Waals surface area contributed by atoms with Crippen molar-refractivity contribution in [3.63, 3.8) is 0 Å². The first-order valence-electron chi connectivity index (χ1n) is 7.82. The van der Waals surface area contributed by atoms with Crippen molar-refractivity contribution in [2.45, 2.75) is 45.6 Å². The van der Waals surface area contributed by atoms with Crippen molar-refractivity contribution in [1.29, 1.82) is 0 Å². The van der Waals surface area contributed by atoms with Crippen LogP contribution < -0.4 is 9.47 Å². The number of benzene rings is 1. The summed E-state index contributed by atoms with van der Waals surface area (Å²) in [4.78, 5) is 0. The molecule has 3 rings (SSSR count). The van der Waals surface area contributed by atoms with Crippen LogP contribution >= 0.6 is 0 Å². The Hall–Kier alpha value is -1.48. The van der Waals surface area contributed by atoms with Gasteiger partial charge < -0.3 is 14.2 Å². The van der Waals surface area contributed by atoms with Gasteiger partial charge in [-0.05, 0) is 37.5 Å². The van der Waals surface area contributed by atoms with Gasteiger partial charge in [0.05, 0.1) is 13.2 Å². The van der Waals surface area contributed by atoms with Gasteiger partial charge in [-0.2, -0.15) is 0 Å². The van der Waals surface area contributed by atoms with Gasteiger partial charge in [-0.25, -0.2) is 0 Å². The van der Waals surface area contributed by atoms with Gasteiger partial charge in [-0.1, -0.05) is 37.5 Å². The third-order valence-electron chi connectivity index (χ3n) is 4.80. The normalized spacial score (nSPS) is 19.5. The molecule has 0 radical (unpaired) electrons. The van der Waals surface area contributed by atoms with E-state index in [1.807, 2.05) is 18.2 Å². The zero-order valence-electron chi connectivity index (χ0n) is 12.8. The van der Waals surface area contributed by atoms with Crippen LogP contribution in [0.4, 0.5) is 0 Å². The molecule has 3 heteroatoms. The topological polar surface area (TPSA) is 27.7 Å². The minimum Gasteiger partial charge on any atom is -0.454 e. The van der Waals surface area contributed by atoms with Crippen LogP contribution in [0.1, 0.15) is 44.6 Å². The molecule has 0 atom stereocenters. The second kappa shape index (κ2) is 6.10. The number of ether oxygens (including phenoxy) is 3. The molecule has 21 heavy (non-hydrogen) atoms. The molecule has 3 nitrogen and oxygen atoms in total. The fourth-order valence-corrected chi connectivity index (χ4v) is 3.32. The van der Waals surface area contributed by atoms with E-state index in [0.717, 1.165) is 23.7 Å². The molecule has 0 spiro atoms. The Morgan fingerprint density at radius 2 is 1.95 bits per heavy atom. The standard InChI is InChI=1S/C18H24O3/c1-14(2)18(8-4-3-5-9-18)12-19-11-15-6-7-16-17(10-15)21-13-20-16/h6-7,10H,1,3-5,8-9,11-13H2,2H3. The molecule has 2 aliphatic rings. The summed E-state index contributed by atoms with van der Waals surface area (Å²) in [6, 6.07) is 6.01. The summed E-state index contributed by atoms with van der Waals surface area (Å²) in [6.45, 7) is 8.06. The fourth-order valence-electron chi connectivity index (χ4n) is 3.32. The monoisotopic (exact) mass is 288 g/mol. The molecule has 1 saturated carbocycles. The summed E-state index contributed by atoms with van der Waals surface area (Å²) >= 11 is 0. The van der Waals surface area contributed by atoms with Crippen molar-refractivity contribution in [3.05, 3.63) is 35.9 Å². The van der Waals surface area contributed by atoms with E-state index in [0.29, 0.717) is 13.4 Å². The highest BCUT2D eigenvalue weighted by Gasteiger charge is 2.33. The van der Waals surface area contributed by atoms with Crippen molar-refractivity contribution in [2.24, 2.45) is 5.41 Å². The van der Waals surface area contributed by atoms with Crippen molar-refractivity contribution >= 4 is 0 Å². The lowest BCUT2D eigenvalue weighted by atomic mass is 9.70. The van der Waals surface area contributed by atoms with Gasteiger partial charge in [0.25, 0.3) is 0 Å². The SMILES string of the molecule is C=C(C)C1(COCc2ccc3c(c2)OCO3)CCCCC1. The van der Waals surface area contributed by atoms with E-state index < -0.39 is 0 Å². The van der Waals surface area contributed by atoms with Crippen LogP contribution in [0.15, 0.2) is 30.4 Å². The van der Waals surface area contributed by atoms with E-state index >= 15 is 0 Å². The summed E-state index contributed by atoms with van der Waals surface area (Å²) < 4.78 is 16.8. The molecule has 0 N–H and O–H groups in total. The van der Waals surface area contributed by atoms with E-state index in [1.165, 1.54) is 37.7 Å². The Morgan fingerprint density at radius 1 is 1.19 bits per heavy atom. The first kappa shape index (κ1) is 14.5. The van der Waals surface area contributed by atoms with Crippen LogP contribution in [-0.4, -0.2) is 13.4 Å². The number of hydrogen-bond donors (Lipinski definition) is 0. The lowest BCUT2D eigenvalue weighted by molar-refractivity contribution is 0.0322. The predicted molar refractivity (Wildman–Crippen MR) is 82.6 cm³/mol. The van der Waals surface area contributed by atoms with Gasteiger partial charge in [0.2, 0.25) is 6.79 Å². The minimum absolute atomic E-state index is 0.189. The van der Waals surface area contributed by atoms with E-state index in [9.17, 15) is 0 Å². The molecule has 0 saturated heterocycles. The Balaban J connectivity index is 1.58. The summed E-state index contributed by atoms with van der Waals surface area (Å²) in [7, 11) is 0. The van der Waals surface area contributed by atoms with Crippen molar-refractivity contribution in [3.8, 4) is 11.5 Å². The van der Waals surface area contributed by atoms with Crippen LogP contribution in [0.2, 0.25) is 0 Å². The molecule has 0 unspecified atom stereocenters. The van der Waals surface area contributed by atoms with Crippen LogP contribution in [-0.2, 0) is 11.3 Å². The van der Waals surface area contributed by atoms with Crippen LogP contribution in [0.25, 0.3) is 0 Å². The van der Waals surface area contributed by atoms with Gasteiger partial charge in [0.1, 0.15) is 0 Å². The Bertz CT molecular complexity index is 515. The molecule has 1 aromatic carbocycles. The predicted octanol–water partition coefficient (Wildman–Crippen LogP) is 4.46. The first-order valence-corrected chi connectivity index (χ1v) is 7.82. The molecule has 114 valence electrons. The van der Waals surface area contributed by atoms with Crippen LogP contribution in [0.3, 0.4) is 0 Å². The maximum absolute atomic E-state index is 6.03. The maximum Gasteiger partial charge on any atom is 0.231 e. The largest absolute Gasteiger partial charge is 0.454 e. The van der Waals surface area contributed by atoms with Crippen molar-refractivity contribution in [2.75, 3.05) is 13.4 Å². The zero-order valence-corrected chi connectivity index (χ0v) is 12.8.